The van der Waals surface area contributed by atoms with Crippen LogP contribution in [-0.4, -0.2) is 46.1 Å². The molecule has 0 bridgehead atoms. The third kappa shape index (κ3) is 3.96. The number of likely N-dealkylation sites (tertiary alicyclic amines) is 1. The summed E-state index contributed by atoms with van der Waals surface area (Å²) >= 11 is 0. The first-order valence-electron chi connectivity index (χ1n) is 9.48. The molecule has 0 radical (unpaired) electrons. The molecule has 0 aliphatic carbocycles. The zero-order chi connectivity index (χ0) is 20.4. The number of halogens is 1. The quantitative estimate of drug-likeness (QED) is 0.865. The number of rotatable bonds is 3. The molecule has 1 aromatic carbocycles. The standard InChI is InChI=1S/C21H21FN4O3/c1-14-5-6-15(10-17(14)22)20(28)26-9-3-7-21(13-26)11-18(25-29-21)19(27)24-16-4-2-8-23-12-16/h2,4-6,8,10,12H,3,7,9,11,13H2,1H3,(H,24,27). The number of anilines is 1. The number of aryl methyl sites for hydroxylation is 1. The van der Waals surface area contributed by atoms with E-state index < -0.39 is 11.4 Å². The van der Waals surface area contributed by atoms with Crippen molar-refractivity contribution >= 4 is 23.2 Å². The van der Waals surface area contributed by atoms with Crippen LogP contribution in [0.4, 0.5) is 10.1 Å². The Balaban J connectivity index is 1.42. The van der Waals surface area contributed by atoms with E-state index >= 15 is 0 Å². The first-order valence-corrected chi connectivity index (χ1v) is 9.48. The molecule has 1 saturated heterocycles. The Labute approximate surface area is 167 Å². The van der Waals surface area contributed by atoms with E-state index in [2.05, 4.69) is 15.5 Å². The molecule has 8 heteroatoms. The summed E-state index contributed by atoms with van der Waals surface area (Å²) in [6.07, 6.45) is 4.88. The maximum absolute atomic E-state index is 13.9. The number of pyridine rings is 1. The molecule has 1 unspecified atom stereocenters. The van der Waals surface area contributed by atoms with Crippen molar-refractivity contribution in [2.24, 2.45) is 5.16 Å². The van der Waals surface area contributed by atoms with E-state index in [0.717, 1.165) is 0 Å². The zero-order valence-electron chi connectivity index (χ0n) is 16.0. The van der Waals surface area contributed by atoms with Gasteiger partial charge in [-0.2, -0.15) is 0 Å². The minimum Gasteiger partial charge on any atom is -0.386 e. The Kier molecular flexibility index (Phi) is 5.00. The van der Waals surface area contributed by atoms with E-state index in [1.54, 1.807) is 48.5 Å². The Morgan fingerprint density at radius 1 is 1.31 bits per heavy atom. The maximum atomic E-state index is 13.9. The fourth-order valence-corrected chi connectivity index (χ4v) is 3.68. The minimum atomic E-state index is -0.723. The average Bonchev–Trinajstić information content (AvgIpc) is 3.13. The van der Waals surface area contributed by atoms with Gasteiger partial charge in [-0.3, -0.25) is 14.6 Å². The third-order valence-electron chi connectivity index (χ3n) is 5.27. The normalized spacial score (nSPS) is 20.9. The average molecular weight is 396 g/mol. The van der Waals surface area contributed by atoms with Gasteiger partial charge in [-0.25, -0.2) is 4.39 Å². The van der Waals surface area contributed by atoms with Crippen molar-refractivity contribution in [3.8, 4) is 0 Å². The molecule has 4 rings (SSSR count). The molecule has 2 aromatic rings. The Hall–Kier alpha value is -3.29. The van der Waals surface area contributed by atoms with Gasteiger partial charge in [0, 0.05) is 24.7 Å². The number of oxime groups is 1. The van der Waals surface area contributed by atoms with Gasteiger partial charge in [0.05, 0.1) is 18.4 Å². The van der Waals surface area contributed by atoms with Crippen LogP contribution in [-0.2, 0) is 9.63 Å². The Bertz CT molecular complexity index is 979. The highest BCUT2D eigenvalue weighted by Crippen LogP contribution is 2.34. The van der Waals surface area contributed by atoms with E-state index in [-0.39, 0.29) is 17.5 Å². The van der Waals surface area contributed by atoms with Crippen LogP contribution in [0.2, 0.25) is 0 Å². The summed E-state index contributed by atoms with van der Waals surface area (Å²) in [5, 5.41) is 6.73. The summed E-state index contributed by atoms with van der Waals surface area (Å²) in [5.74, 6) is -1.00. The second kappa shape index (κ2) is 7.62. The Morgan fingerprint density at radius 3 is 2.93 bits per heavy atom. The van der Waals surface area contributed by atoms with Crippen molar-refractivity contribution < 1.29 is 18.8 Å². The molecule has 1 aromatic heterocycles. The summed E-state index contributed by atoms with van der Waals surface area (Å²) in [7, 11) is 0. The zero-order valence-corrected chi connectivity index (χ0v) is 16.0. The molecule has 0 saturated carbocycles. The number of hydrogen-bond donors (Lipinski definition) is 1. The molecule has 150 valence electrons. The Morgan fingerprint density at radius 2 is 2.17 bits per heavy atom. The highest BCUT2D eigenvalue weighted by Gasteiger charge is 2.45. The summed E-state index contributed by atoms with van der Waals surface area (Å²) in [5.41, 5.74) is 0.929. The summed E-state index contributed by atoms with van der Waals surface area (Å²) in [6.45, 7) is 2.51. The fraction of sp³-hybridized carbons (Fsp3) is 0.333. The van der Waals surface area contributed by atoms with Crippen LogP contribution in [0.3, 0.4) is 0 Å². The van der Waals surface area contributed by atoms with Crippen molar-refractivity contribution in [2.75, 3.05) is 18.4 Å². The van der Waals surface area contributed by atoms with Gasteiger partial charge < -0.3 is 15.1 Å². The molecule has 1 fully saturated rings. The lowest BCUT2D eigenvalue weighted by atomic mass is 9.87. The third-order valence-corrected chi connectivity index (χ3v) is 5.27. The van der Waals surface area contributed by atoms with Crippen molar-refractivity contribution in [3.05, 3.63) is 59.7 Å². The number of benzene rings is 1. The van der Waals surface area contributed by atoms with Crippen LogP contribution in [0.15, 0.2) is 47.9 Å². The lowest BCUT2D eigenvalue weighted by Crippen LogP contribution is -2.50. The molecule has 29 heavy (non-hydrogen) atoms. The van der Waals surface area contributed by atoms with Crippen LogP contribution >= 0.6 is 0 Å². The highest BCUT2D eigenvalue weighted by atomic mass is 19.1. The molecule has 7 nitrogen and oxygen atoms in total. The highest BCUT2D eigenvalue weighted by molar-refractivity contribution is 6.43. The maximum Gasteiger partial charge on any atom is 0.273 e. The molecular weight excluding hydrogens is 375 g/mol. The fourth-order valence-electron chi connectivity index (χ4n) is 3.68. The van der Waals surface area contributed by atoms with E-state index in [1.807, 2.05) is 0 Å². The second-order valence-corrected chi connectivity index (χ2v) is 7.48. The molecule has 2 amide bonds. The number of nitrogens with one attached hydrogen (secondary N) is 1. The van der Waals surface area contributed by atoms with Crippen molar-refractivity contribution in [2.45, 2.75) is 31.8 Å². The van der Waals surface area contributed by atoms with Gasteiger partial charge in [-0.1, -0.05) is 11.2 Å². The number of carbonyl (C=O) groups excluding carboxylic acids is 2. The van der Waals surface area contributed by atoms with Crippen LogP contribution in [0, 0.1) is 12.7 Å². The molecule has 1 atom stereocenters. The van der Waals surface area contributed by atoms with Crippen molar-refractivity contribution in [3.63, 3.8) is 0 Å². The first kappa shape index (κ1) is 19.0. The number of amides is 2. The van der Waals surface area contributed by atoms with Crippen molar-refractivity contribution in [1.82, 2.24) is 9.88 Å². The van der Waals surface area contributed by atoms with Crippen molar-refractivity contribution in [1.29, 1.82) is 0 Å². The van der Waals surface area contributed by atoms with Crippen LogP contribution in [0.25, 0.3) is 0 Å². The van der Waals surface area contributed by atoms with Gasteiger partial charge in [-0.15, -0.1) is 0 Å². The van der Waals surface area contributed by atoms with E-state index in [9.17, 15) is 14.0 Å². The summed E-state index contributed by atoms with van der Waals surface area (Å²) in [4.78, 5) is 36.6. The molecular formula is C21H21FN4O3. The van der Waals surface area contributed by atoms with E-state index in [0.29, 0.717) is 49.2 Å². The van der Waals surface area contributed by atoms with Crippen LogP contribution in [0.1, 0.15) is 35.2 Å². The number of aromatic nitrogens is 1. The van der Waals surface area contributed by atoms with E-state index in [4.69, 9.17) is 4.84 Å². The molecule has 3 heterocycles. The van der Waals surface area contributed by atoms with Gasteiger partial charge >= 0.3 is 0 Å². The van der Waals surface area contributed by atoms with Gasteiger partial charge in [-0.05, 0) is 49.6 Å². The monoisotopic (exact) mass is 396 g/mol. The summed E-state index contributed by atoms with van der Waals surface area (Å²) < 4.78 is 13.9. The summed E-state index contributed by atoms with van der Waals surface area (Å²) in [6, 6.07) is 7.94. The largest absolute Gasteiger partial charge is 0.386 e. The lowest BCUT2D eigenvalue weighted by Gasteiger charge is -2.38. The first-order chi connectivity index (χ1) is 14.0. The van der Waals surface area contributed by atoms with Crippen LogP contribution < -0.4 is 5.32 Å². The van der Waals surface area contributed by atoms with E-state index in [1.165, 1.54) is 6.07 Å². The number of carbonyl (C=O) groups is 2. The lowest BCUT2D eigenvalue weighted by molar-refractivity contribution is -0.110. The molecule has 1 N–H and O–H groups in total. The predicted molar refractivity (Wildman–Crippen MR) is 105 cm³/mol. The minimum absolute atomic E-state index is 0.250. The van der Waals surface area contributed by atoms with Crippen LogP contribution in [0.5, 0.6) is 0 Å². The van der Waals surface area contributed by atoms with Gasteiger partial charge in [0.2, 0.25) is 0 Å². The predicted octanol–water partition coefficient (Wildman–Crippen LogP) is 2.92. The number of hydrogen-bond acceptors (Lipinski definition) is 5. The number of piperidine rings is 1. The van der Waals surface area contributed by atoms with Gasteiger partial charge in [0.25, 0.3) is 11.8 Å². The van der Waals surface area contributed by atoms with Gasteiger partial charge in [0.1, 0.15) is 11.5 Å². The molecule has 2 aliphatic heterocycles. The molecule has 2 aliphatic rings. The smallest absolute Gasteiger partial charge is 0.273 e. The number of nitrogens with zero attached hydrogens (tertiary/aromatic N) is 3. The second-order valence-electron chi connectivity index (χ2n) is 7.48. The van der Waals surface area contributed by atoms with Gasteiger partial charge in [0.15, 0.2) is 5.60 Å². The topological polar surface area (TPSA) is 83.9 Å². The SMILES string of the molecule is Cc1ccc(C(=O)N2CCCC3(CC(C(=O)Nc4cccnc4)=NO3)C2)cc1F. The molecule has 1 spiro atoms.